The van der Waals surface area contributed by atoms with Crippen LogP contribution in [0.4, 0.5) is 0 Å². The minimum Gasteiger partial charge on any atom is -0.480 e. The summed E-state index contributed by atoms with van der Waals surface area (Å²) in [4.78, 5) is 10.8. The molecule has 0 amide bonds. The number of hydrogen-bond acceptors (Lipinski definition) is 4. The lowest BCUT2D eigenvalue weighted by atomic mass is 10.1. The number of carboxylic acid groups (broad SMARTS) is 1. The molecule has 2 N–H and O–H groups in total. The second-order valence-corrected chi connectivity index (χ2v) is 6.53. The fourth-order valence-corrected chi connectivity index (χ4v) is 3.63. The Labute approximate surface area is 101 Å². The quantitative estimate of drug-likeness (QED) is 0.747. The largest absolute Gasteiger partial charge is 0.480 e. The maximum atomic E-state index is 12.1. The van der Waals surface area contributed by atoms with Gasteiger partial charge in [-0.1, -0.05) is 12.8 Å². The van der Waals surface area contributed by atoms with E-state index in [1.54, 1.807) is 0 Å². The van der Waals surface area contributed by atoms with Crippen LogP contribution in [0, 0.1) is 0 Å². The highest BCUT2D eigenvalue weighted by Gasteiger charge is 2.37. The standard InChI is InChI=1S/C10H19NO5S/c1-8(10(13)14)17(15,16)11-6-4-2-3-5-9(11)7-12/h8-9,12H,2-7H2,1H3,(H,13,14). The zero-order valence-corrected chi connectivity index (χ0v) is 10.7. The van der Waals surface area contributed by atoms with Gasteiger partial charge >= 0.3 is 5.97 Å². The third kappa shape index (κ3) is 3.17. The molecule has 0 aliphatic carbocycles. The van der Waals surface area contributed by atoms with Gasteiger partial charge in [-0.3, -0.25) is 4.79 Å². The third-order valence-electron chi connectivity index (χ3n) is 3.16. The first-order chi connectivity index (χ1) is 7.91. The number of carbonyl (C=O) groups is 1. The first-order valence-corrected chi connectivity index (χ1v) is 7.26. The first-order valence-electron chi connectivity index (χ1n) is 5.75. The number of aliphatic carboxylic acids is 1. The summed E-state index contributed by atoms with van der Waals surface area (Å²) in [6.07, 6.45) is 3.06. The molecule has 7 heteroatoms. The molecular weight excluding hydrogens is 246 g/mol. The van der Waals surface area contributed by atoms with E-state index in [-0.39, 0.29) is 6.61 Å². The molecule has 17 heavy (non-hydrogen) atoms. The molecule has 0 aromatic heterocycles. The summed E-state index contributed by atoms with van der Waals surface area (Å²) >= 11 is 0. The van der Waals surface area contributed by atoms with Gasteiger partial charge in [0.15, 0.2) is 5.25 Å². The number of hydrogen-bond donors (Lipinski definition) is 2. The number of carboxylic acids is 1. The molecule has 1 rings (SSSR count). The van der Waals surface area contributed by atoms with Crippen molar-refractivity contribution in [3.8, 4) is 0 Å². The van der Waals surface area contributed by atoms with E-state index >= 15 is 0 Å². The predicted molar refractivity (Wildman–Crippen MR) is 62.1 cm³/mol. The summed E-state index contributed by atoms with van der Waals surface area (Å²) < 4.78 is 25.3. The Balaban J connectivity index is 2.97. The van der Waals surface area contributed by atoms with Crippen LogP contribution in [-0.4, -0.2) is 53.3 Å². The molecule has 1 fully saturated rings. The van der Waals surface area contributed by atoms with Gasteiger partial charge in [-0.05, 0) is 19.8 Å². The van der Waals surface area contributed by atoms with Gasteiger partial charge in [0.2, 0.25) is 10.0 Å². The normalized spacial score (nSPS) is 25.2. The van der Waals surface area contributed by atoms with Crippen LogP contribution in [0.1, 0.15) is 32.6 Å². The average Bonchev–Trinajstić information content (AvgIpc) is 2.52. The number of aliphatic hydroxyl groups excluding tert-OH is 1. The van der Waals surface area contributed by atoms with E-state index in [1.165, 1.54) is 4.31 Å². The Kier molecular flexibility index (Phi) is 4.91. The second-order valence-electron chi connectivity index (χ2n) is 4.32. The van der Waals surface area contributed by atoms with Crippen LogP contribution in [-0.2, 0) is 14.8 Å². The molecule has 2 unspecified atom stereocenters. The van der Waals surface area contributed by atoms with Gasteiger partial charge in [0.05, 0.1) is 6.61 Å². The third-order valence-corrected chi connectivity index (χ3v) is 5.38. The highest BCUT2D eigenvalue weighted by Crippen LogP contribution is 2.22. The lowest BCUT2D eigenvalue weighted by molar-refractivity contribution is -0.136. The molecular formula is C10H19NO5S. The maximum Gasteiger partial charge on any atom is 0.323 e. The van der Waals surface area contributed by atoms with Crippen LogP contribution in [0.2, 0.25) is 0 Å². The fourth-order valence-electron chi connectivity index (χ4n) is 2.00. The van der Waals surface area contributed by atoms with E-state index in [0.29, 0.717) is 19.4 Å². The van der Waals surface area contributed by atoms with Crippen LogP contribution in [0.5, 0.6) is 0 Å². The number of aliphatic hydroxyl groups is 1. The lowest BCUT2D eigenvalue weighted by Gasteiger charge is -2.29. The van der Waals surface area contributed by atoms with Crippen molar-refractivity contribution in [2.75, 3.05) is 13.2 Å². The van der Waals surface area contributed by atoms with Crippen LogP contribution >= 0.6 is 0 Å². The van der Waals surface area contributed by atoms with Crippen molar-refractivity contribution in [1.82, 2.24) is 4.31 Å². The summed E-state index contributed by atoms with van der Waals surface area (Å²) in [5.41, 5.74) is 0. The van der Waals surface area contributed by atoms with E-state index < -0.39 is 27.3 Å². The number of rotatable bonds is 4. The summed E-state index contributed by atoms with van der Waals surface area (Å²) in [6.45, 7) is 1.20. The smallest absolute Gasteiger partial charge is 0.323 e. The van der Waals surface area contributed by atoms with Gasteiger partial charge in [0.1, 0.15) is 0 Å². The minimum absolute atomic E-state index is 0.258. The summed E-state index contributed by atoms with van der Waals surface area (Å²) in [5, 5.41) is 16.6. The summed E-state index contributed by atoms with van der Waals surface area (Å²) in [6, 6.07) is -0.482. The Morgan fingerprint density at radius 2 is 2.06 bits per heavy atom. The Morgan fingerprint density at radius 1 is 1.41 bits per heavy atom. The van der Waals surface area contributed by atoms with Crippen molar-refractivity contribution in [1.29, 1.82) is 0 Å². The molecule has 6 nitrogen and oxygen atoms in total. The molecule has 0 aromatic rings. The van der Waals surface area contributed by atoms with Gasteiger partial charge in [0.25, 0.3) is 0 Å². The zero-order valence-electron chi connectivity index (χ0n) is 9.87. The molecule has 1 aliphatic rings. The fraction of sp³-hybridized carbons (Fsp3) is 0.900. The topological polar surface area (TPSA) is 94.9 Å². The van der Waals surface area contributed by atoms with Gasteiger partial charge < -0.3 is 10.2 Å². The Bertz CT molecular complexity index is 367. The van der Waals surface area contributed by atoms with Crippen LogP contribution < -0.4 is 0 Å². The van der Waals surface area contributed by atoms with Crippen LogP contribution in [0.3, 0.4) is 0 Å². The van der Waals surface area contributed by atoms with E-state index in [9.17, 15) is 18.3 Å². The van der Waals surface area contributed by atoms with Gasteiger partial charge in [-0.25, -0.2) is 8.42 Å². The summed E-state index contributed by atoms with van der Waals surface area (Å²) in [7, 11) is -3.87. The van der Waals surface area contributed by atoms with Gasteiger partial charge in [0, 0.05) is 12.6 Å². The van der Waals surface area contributed by atoms with E-state index in [0.717, 1.165) is 19.8 Å². The van der Waals surface area contributed by atoms with Crippen molar-refractivity contribution >= 4 is 16.0 Å². The van der Waals surface area contributed by atoms with Crippen LogP contribution in [0.15, 0.2) is 0 Å². The van der Waals surface area contributed by atoms with Crippen molar-refractivity contribution in [2.45, 2.75) is 43.9 Å². The minimum atomic E-state index is -3.87. The van der Waals surface area contributed by atoms with Gasteiger partial charge in [-0.2, -0.15) is 4.31 Å². The van der Waals surface area contributed by atoms with Crippen molar-refractivity contribution in [3.63, 3.8) is 0 Å². The molecule has 0 aromatic carbocycles. The van der Waals surface area contributed by atoms with E-state index in [2.05, 4.69) is 0 Å². The molecule has 1 aliphatic heterocycles. The van der Waals surface area contributed by atoms with Crippen molar-refractivity contribution in [2.24, 2.45) is 0 Å². The average molecular weight is 265 g/mol. The highest BCUT2D eigenvalue weighted by atomic mass is 32.2. The van der Waals surface area contributed by atoms with Crippen molar-refractivity contribution in [3.05, 3.63) is 0 Å². The number of nitrogens with zero attached hydrogens (tertiary/aromatic N) is 1. The molecule has 100 valence electrons. The zero-order chi connectivity index (χ0) is 13.1. The lowest BCUT2D eigenvalue weighted by Crippen LogP contribution is -2.47. The van der Waals surface area contributed by atoms with E-state index in [4.69, 9.17) is 5.11 Å². The SMILES string of the molecule is CC(C(=O)O)S(=O)(=O)N1CCCCCC1CO. The molecule has 0 saturated carbocycles. The van der Waals surface area contributed by atoms with Crippen molar-refractivity contribution < 1.29 is 23.4 Å². The second kappa shape index (κ2) is 5.79. The van der Waals surface area contributed by atoms with E-state index in [1.807, 2.05) is 0 Å². The highest BCUT2D eigenvalue weighted by molar-refractivity contribution is 7.90. The molecule has 0 spiro atoms. The Morgan fingerprint density at radius 3 is 2.59 bits per heavy atom. The maximum absolute atomic E-state index is 12.1. The van der Waals surface area contributed by atoms with Gasteiger partial charge in [-0.15, -0.1) is 0 Å². The first kappa shape index (κ1) is 14.4. The molecule has 0 radical (unpaired) electrons. The molecule has 0 bridgehead atoms. The molecule has 1 heterocycles. The monoisotopic (exact) mass is 265 g/mol. The molecule has 1 saturated heterocycles. The molecule has 2 atom stereocenters. The number of sulfonamides is 1. The predicted octanol–water partition coefficient (Wildman–Crippen LogP) is 0.0262. The Hall–Kier alpha value is -0.660. The van der Waals surface area contributed by atoms with Crippen LogP contribution in [0.25, 0.3) is 0 Å². The summed E-state index contributed by atoms with van der Waals surface area (Å²) in [5.74, 6) is -1.36.